The molecule has 6 aromatic rings. The van der Waals surface area contributed by atoms with E-state index in [2.05, 4.69) is 100 Å². The molecule has 4 heterocycles. The van der Waals surface area contributed by atoms with Crippen molar-refractivity contribution in [1.29, 1.82) is 0 Å². The van der Waals surface area contributed by atoms with Crippen LogP contribution in [0.4, 0.5) is 9.59 Å². The quantitative estimate of drug-likeness (QED) is 0.0933. The van der Waals surface area contributed by atoms with Gasteiger partial charge in [-0.05, 0) is 133 Å². The summed E-state index contributed by atoms with van der Waals surface area (Å²) >= 11 is 0. The van der Waals surface area contributed by atoms with Crippen LogP contribution in [-0.4, -0.2) is 120 Å². The van der Waals surface area contributed by atoms with Gasteiger partial charge in [-0.2, -0.15) is 0 Å². The van der Waals surface area contributed by atoms with E-state index in [0.29, 0.717) is 13.1 Å². The van der Waals surface area contributed by atoms with Crippen molar-refractivity contribution in [3.63, 3.8) is 0 Å². The van der Waals surface area contributed by atoms with Crippen molar-refractivity contribution in [3.05, 3.63) is 107 Å². The van der Waals surface area contributed by atoms with Crippen LogP contribution in [0.2, 0.25) is 0 Å². The second-order valence-corrected chi connectivity index (χ2v) is 18.7. The van der Waals surface area contributed by atoms with Crippen molar-refractivity contribution in [1.82, 2.24) is 40.4 Å². The van der Waals surface area contributed by atoms with Gasteiger partial charge in [0.25, 0.3) is 0 Å². The average Bonchev–Trinajstić information content (AvgIpc) is 4.21. The van der Waals surface area contributed by atoms with Gasteiger partial charge in [-0.15, -0.1) is 0 Å². The SMILES string of the molecule is COC(=O)NC(C(=O)N1CCCC1c1nc2ccc(-c3cc4ccc3CCc3ccc(c(-c5ccc6nc(C7CCCN7C(=O)C(NC(=O)OC)C(C)OC)[nH]c6c5)c3)CC4C)cc2[nH]1)C(C)OC. The van der Waals surface area contributed by atoms with Gasteiger partial charge >= 0.3 is 12.2 Å². The highest BCUT2D eigenvalue weighted by Crippen LogP contribution is 2.39. The standard InChI is InChI=1S/C53H62N8O8/c1-29-24-35-15-13-32(25-38(35)36-18-20-40-42(27-36)56-48(54-40)44-10-8-22-60(44)50(62)46(30(2)66-4)58-52(64)68-6)12-14-33-16-17-34(29)26-39(33)37-19-21-41-43(28-37)57-49(55-41)45-11-9-23-61(45)51(63)47(31(3)67-5)59-53(65)69-7/h13,15-21,25-31,44-47H,8-12,14,22-24H2,1-7H3,(H,54,56)(H,55,57)(H,58,64)(H,59,65). The molecule has 4 amide bonds. The second-order valence-electron chi connectivity index (χ2n) is 18.7. The van der Waals surface area contributed by atoms with Crippen LogP contribution in [0.1, 0.15) is 98.4 Å². The molecule has 2 fully saturated rings. The number of hydrogen-bond acceptors (Lipinski definition) is 10. The van der Waals surface area contributed by atoms with E-state index in [0.717, 1.165) is 89.8 Å². The average molecular weight is 939 g/mol. The van der Waals surface area contributed by atoms with E-state index in [-0.39, 0.29) is 29.8 Å². The van der Waals surface area contributed by atoms with E-state index in [1.165, 1.54) is 61.8 Å². The highest BCUT2D eigenvalue weighted by molar-refractivity contribution is 5.89. The van der Waals surface area contributed by atoms with E-state index in [4.69, 9.17) is 28.9 Å². The number of nitrogens with zero attached hydrogens (tertiary/aromatic N) is 4. The number of carbonyl (C=O) groups is 4. The number of rotatable bonds is 12. The number of alkyl carbamates (subject to hydrolysis) is 2. The number of ether oxygens (including phenoxy) is 4. The highest BCUT2D eigenvalue weighted by Gasteiger charge is 2.40. The van der Waals surface area contributed by atoms with Gasteiger partial charge in [0.2, 0.25) is 11.8 Å². The lowest BCUT2D eigenvalue weighted by atomic mass is 9.84. The van der Waals surface area contributed by atoms with Gasteiger partial charge in [-0.3, -0.25) is 9.59 Å². The third kappa shape index (κ3) is 9.51. The first kappa shape index (κ1) is 47.3. The zero-order valence-electron chi connectivity index (χ0n) is 40.4. The van der Waals surface area contributed by atoms with Crippen LogP contribution in [0.15, 0.2) is 72.8 Å². The fourth-order valence-corrected chi connectivity index (χ4v) is 10.4. The summed E-state index contributed by atoms with van der Waals surface area (Å²) in [6.07, 6.45) is 3.13. The number of aromatic amines is 2. The molecule has 7 atom stereocenters. The summed E-state index contributed by atoms with van der Waals surface area (Å²) in [6, 6.07) is 24.2. The number of benzene rings is 4. The molecule has 0 spiro atoms. The Hall–Kier alpha value is -6.78. The topological polar surface area (TPSA) is 193 Å². The predicted molar refractivity (Wildman–Crippen MR) is 262 cm³/mol. The number of aromatic nitrogens is 4. The van der Waals surface area contributed by atoms with Crippen molar-refractivity contribution in [3.8, 4) is 22.3 Å². The summed E-state index contributed by atoms with van der Waals surface area (Å²) < 4.78 is 20.6. The maximum Gasteiger partial charge on any atom is 0.407 e. The number of methoxy groups -OCH3 is 4. The Morgan fingerprint density at radius 1 is 0.638 bits per heavy atom. The number of fused-ring (bicyclic) bond motifs is 2. The summed E-state index contributed by atoms with van der Waals surface area (Å²) in [5.41, 5.74) is 13.1. The molecule has 2 aliphatic heterocycles. The summed E-state index contributed by atoms with van der Waals surface area (Å²) in [5.74, 6) is 1.17. The number of hydrogen-bond donors (Lipinski definition) is 4. The van der Waals surface area contributed by atoms with Crippen LogP contribution in [0.25, 0.3) is 44.3 Å². The fourth-order valence-electron chi connectivity index (χ4n) is 10.4. The fraction of sp³-hybridized carbons (Fsp3) is 0.434. The maximum atomic E-state index is 13.9. The largest absolute Gasteiger partial charge is 0.453 e. The molecule has 0 radical (unpaired) electrons. The molecule has 16 nitrogen and oxygen atoms in total. The molecule has 4 aromatic carbocycles. The van der Waals surface area contributed by atoms with Gasteiger partial charge in [-0.25, -0.2) is 19.6 Å². The Labute approximate surface area is 401 Å². The van der Waals surface area contributed by atoms with Crippen LogP contribution >= 0.6 is 0 Å². The Morgan fingerprint density at radius 2 is 1.14 bits per heavy atom. The third-order valence-corrected chi connectivity index (χ3v) is 14.5. The summed E-state index contributed by atoms with van der Waals surface area (Å²) in [6.45, 7) is 6.88. The van der Waals surface area contributed by atoms with Gasteiger partial charge in [-0.1, -0.05) is 55.5 Å². The first-order valence-corrected chi connectivity index (χ1v) is 24.0. The van der Waals surface area contributed by atoms with Crippen molar-refractivity contribution < 1.29 is 38.1 Å². The number of likely N-dealkylation sites (tertiary alicyclic amines) is 2. The molecule has 2 saturated heterocycles. The van der Waals surface area contributed by atoms with Crippen molar-refractivity contribution in [2.45, 2.75) is 108 Å². The van der Waals surface area contributed by atoms with Crippen molar-refractivity contribution >= 4 is 46.1 Å². The Bertz CT molecular complexity index is 2890. The molecule has 4 aliphatic carbocycles. The molecule has 4 N–H and O–H groups in total. The molecule has 12 rings (SSSR count). The smallest absolute Gasteiger partial charge is 0.407 e. The summed E-state index contributed by atoms with van der Waals surface area (Å²) in [7, 11) is 5.57. The van der Waals surface area contributed by atoms with E-state index >= 15 is 0 Å². The highest BCUT2D eigenvalue weighted by atomic mass is 16.5. The number of nitrogens with one attached hydrogen (secondary N) is 4. The molecular weight excluding hydrogens is 877 g/mol. The monoisotopic (exact) mass is 938 g/mol. The van der Waals surface area contributed by atoms with Gasteiger partial charge < -0.3 is 49.3 Å². The van der Waals surface area contributed by atoms with Crippen molar-refractivity contribution in [2.24, 2.45) is 0 Å². The molecule has 16 heteroatoms. The lowest BCUT2D eigenvalue weighted by molar-refractivity contribution is -0.138. The maximum absolute atomic E-state index is 13.9. The molecular formula is C53H62N8O8. The molecule has 2 aromatic heterocycles. The predicted octanol–water partition coefficient (Wildman–Crippen LogP) is 8.06. The number of amides is 4. The third-order valence-electron chi connectivity index (χ3n) is 14.5. The van der Waals surface area contributed by atoms with Crippen LogP contribution in [0.3, 0.4) is 0 Å². The van der Waals surface area contributed by atoms with E-state index in [1.54, 1.807) is 23.6 Å². The summed E-state index contributed by atoms with van der Waals surface area (Å²) in [5, 5.41) is 5.33. The normalized spacial score (nSPS) is 19.8. The Balaban J connectivity index is 0.956. The van der Waals surface area contributed by atoms with E-state index in [9.17, 15) is 19.2 Å². The minimum atomic E-state index is -0.905. The number of carbonyl (C=O) groups excluding carboxylic acids is 4. The molecule has 362 valence electrons. The lowest BCUT2D eigenvalue weighted by Gasteiger charge is -2.30. The van der Waals surface area contributed by atoms with Crippen molar-refractivity contribution in [2.75, 3.05) is 41.5 Å². The van der Waals surface area contributed by atoms with Gasteiger partial charge in [0, 0.05) is 27.3 Å². The molecule has 0 saturated carbocycles. The molecule has 7 unspecified atom stereocenters. The zero-order chi connectivity index (χ0) is 48.5. The molecule has 6 aliphatic rings. The number of aryl methyl sites for hydroxylation is 2. The molecule has 69 heavy (non-hydrogen) atoms. The number of H-pyrrole nitrogens is 2. The molecule has 4 bridgehead atoms. The van der Waals surface area contributed by atoms with Gasteiger partial charge in [0.05, 0.1) is 60.6 Å². The van der Waals surface area contributed by atoms with Gasteiger partial charge in [0.15, 0.2) is 0 Å². The minimum absolute atomic E-state index is 0.209. The first-order chi connectivity index (χ1) is 33.4. The van der Waals surface area contributed by atoms with Crippen LogP contribution < -0.4 is 10.6 Å². The second kappa shape index (κ2) is 20.1. The minimum Gasteiger partial charge on any atom is -0.453 e. The lowest BCUT2D eigenvalue weighted by Crippen LogP contribution is -2.54. The van der Waals surface area contributed by atoms with E-state index < -0.39 is 36.5 Å². The number of imidazole rings is 2. The Kier molecular flexibility index (Phi) is 13.7. The van der Waals surface area contributed by atoms with Crippen LogP contribution in [-0.2, 0) is 47.8 Å². The van der Waals surface area contributed by atoms with E-state index in [1.807, 2.05) is 0 Å². The van der Waals surface area contributed by atoms with Crippen LogP contribution in [0.5, 0.6) is 0 Å². The van der Waals surface area contributed by atoms with Crippen LogP contribution in [0, 0.1) is 0 Å². The zero-order valence-corrected chi connectivity index (χ0v) is 40.4. The first-order valence-electron chi connectivity index (χ1n) is 24.0. The van der Waals surface area contributed by atoms with Gasteiger partial charge in [0.1, 0.15) is 23.7 Å². The summed E-state index contributed by atoms with van der Waals surface area (Å²) in [4.78, 5) is 72.9. The Morgan fingerprint density at radius 3 is 1.65 bits per heavy atom.